The summed E-state index contributed by atoms with van der Waals surface area (Å²) in [6.45, 7) is 5.66. The molecule has 1 heterocycles. The molecule has 0 bridgehead atoms. The van der Waals surface area contributed by atoms with Crippen molar-refractivity contribution in [2.75, 3.05) is 32.8 Å². The van der Waals surface area contributed by atoms with Crippen molar-refractivity contribution < 1.29 is 32.5 Å². The van der Waals surface area contributed by atoms with Crippen molar-refractivity contribution in [1.82, 2.24) is 10.2 Å². The van der Waals surface area contributed by atoms with Crippen molar-refractivity contribution in [1.29, 1.82) is 0 Å². The molecular formula is C26H31F3N2O4. The highest BCUT2D eigenvalue weighted by Crippen LogP contribution is 2.45. The molecule has 4 rings (SSSR count). The van der Waals surface area contributed by atoms with E-state index < -0.39 is 23.8 Å². The van der Waals surface area contributed by atoms with E-state index in [4.69, 9.17) is 9.47 Å². The van der Waals surface area contributed by atoms with Crippen molar-refractivity contribution in [3.05, 3.63) is 65.2 Å². The van der Waals surface area contributed by atoms with Crippen LogP contribution in [0.1, 0.15) is 23.6 Å². The van der Waals surface area contributed by atoms with Gasteiger partial charge in [-0.05, 0) is 48.1 Å². The third kappa shape index (κ3) is 6.74. The fourth-order valence-electron chi connectivity index (χ4n) is 4.90. The maximum absolute atomic E-state index is 12.9. The van der Waals surface area contributed by atoms with Crippen molar-refractivity contribution in [3.63, 3.8) is 0 Å². The van der Waals surface area contributed by atoms with Crippen LogP contribution in [0, 0.1) is 11.8 Å². The number of fused-ring (bicyclic) bond motifs is 1. The molecule has 2 aliphatic rings. The number of ether oxygens (including phenoxy) is 2. The molecule has 0 aromatic heterocycles. The average molecular weight is 493 g/mol. The topological polar surface area (TPSA) is 71.0 Å². The van der Waals surface area contributed by atoms with E-state index in [-0.39, 0.29) is 0 Å². The summed E-state index contributed by atoms with van der Waals surface area (Å²) in [5.41, 5.74) is 0.974. The smallest absolute Gasteiger partial charge is 0.416 e. The first-order valence-corrected chi connectivity index (χ1v) is 11.9. The van der Waals surface area contributed by atoms with Crippen LogP contribution in [-0.4, -0.2) is 61.0 Å². The molecule has 1 saturated carbocycles. The second-order valence-electron chi connectivity index (χ2n) is 9.18. The van der Waals surface area contributed by atoms with Crippen LogP contribution in [-0.2, 0) is 28.7 Å². The second-order valence-corrected chi connectivity index (χ2v) is 9.18. The zero-order valence-electron chi connectivity index (χ0n) is 19.6. The Labute approximate surface area is 203 Å². The average Bonchev–Trinajstić information content (AvgIpc) is 3.26. The second kappa shape index (κ2) is 11.0. The van der Waals surface area contributed by atoms with Crippen LogP contribution in [0.5, 0.6) is 5.75 Å². The maximum Gasteiger partial charge on any atom is 0.416 e. The highest BCUT2D eigenvalue weighted by molar-refractivity contribution is 5.72. The lowest BCUT2D eigenvalue weighted by Crippen LogP contribution is -2.33. The first-order chi connectivity index (χ1) is 16.7. The lowest BCUT2D eigenvalue weighted by atomic mass is 10.1. The predicted molar refractivity (Wildman–Crippen MR) is 124 cm³/mol. The molecule has 6 nitrogen and oxygen atoms in total. The van der Waals surface area contributed by atoms with Gasteiger partial charge < -0.3 is 19.9 Å². The Morgan fingerprint density at radius 1 is 1.14 bits per heavy atom. The van der Waals surface area contributed by atoms with E-state index in [1.54, 1.807) is 13.0 Å². The van der Waals surface area contributed by atoms with Crippen LogP contribution < -0.4 is 10.1 Å². The normalized spacial score (nSPS) is 22.6. The lowest BCUT2D eigenvalue weighted by Gasteiger charge is -2.20. The van der Waals surface area contributed by atoms with E-state index in [1.807, 2.05) is 24.3 Å². The summed E-state index contributed by atoms with van der Waals surface area (Å²) in [5, 5.41) is 12.7. The van der Waals surface area contributed by atoms with Crippen LogP contribution >= 0.6 is 0 Å². The number of nitrogens with one attached hydrogen (secondary N) is 1. The first kappa shape index (κ1) is 25.5. The minimum atomic E-state index is -4.31. The molecule has 190 valence electrons. The summed E-state index contributed by atoms with van der Waals surface area (Å²) >= 11 is 0. The van der Waals surface area contributed by atoms with E-state index in [9.17, 15) is 23.1 Å². The van der Waals surface area contributed by atoms with Gasteiger partial charge in [-0.15, -0.1) is 0 Å². The number of carboxylic acid groups (broad SMARTS) is 1. The molecule has 2 unspecified atom stereocenters. The summed E-state index contributed by atoms with van der Waals surface area (Å²) in [5.74, 6) is 0.823. The van der Waals surface area contributed by atoms with Crippen LogP contribution in [0.15, 0.2) is 48.5 Å². The van der Waals surface area contributed by atoms with Gasteiger partial charge in [0.05, 0.1) is 5.56 Å². The van der Waals surface area contributed by atoms with Gasteiger partial charge in [0.25, 0.3) is 0 Å². The molecule has 1 saturated heterocycles. The van der Waals surface area contributed by atoms with E-state index in [2.05, 4.69) is 10.2 Å². The lowest BCUT2D eigenvalue weighted by molar-refractivity contribution is -0.150. The van der Waals surface area contributed by atoms with Gasteiger partial charge in [-0.3, -0.25) is 4.90 Å². The Bertz CT molecular complexity index is 987. The number of likely N-dealkylation sites (tertiary alicyclic amines) is 1. The molecule has 2 aromatic carbocycles. The number of carboxylic acids is 1. The molecule has 1 aliphatic heterocycles. The van der Waals surface area contributed by atoms with Gasteiger partial charge >= 0.3 is 12.1 Å². The Hall–Kier alpha value is -2.62. The summed E-state index contributed by atoms with van der Waals surface area (Å²) in [6.07, 6.45) is -4.86. The number of alkyl halides is 3. The summed E-state index contributed by atoms with van der Waals surface area (Å²) in [4.78, 5) is 13.4. The predicted octanol–water partition coefficient (Wildman–Crippen LogP) is 3.84. The van der Waals surface area contributed by atoms with Gasteiger partial charge in [-0.2, -0.15) is 13.2 Å². The third-order valence-corrected chi connectivity index (χ3v) is 6.67. The molecule has 9 heteroatoms. The monoisotopic (exact) mass is 492 g/mol. The standard InChI is InChI=1S/C26H31F3N2O4/c1-2-34-23(25(32)33)13-17-6-8-20(9-7-17)35-11-10-30-24-21-15-31(16-22(21)24)14-18-4-3-5-19(12-18)26(27,28)29/h3-9,12,21-24,30H,2,10-11,13-16H2,1H3,(H,32,33)/t21-,22?,23-,24?/m0/s1. The number of benzene rings is 2. The Morgan fingerprint density at radius 2 is 1.86 bits per heavy atom. The highest BCUT2D eigenvalue weighted by Gasteiger charge is 2.55. The highest BCUT2D eigenvalue weighted by atomic mass is 19.4. The number of halogens is 3. The summed E-state index contributed by atoms with van der Waals surface area (Å²) in [6, 6.07) is 13.4. The Morgan fingerprint density at radius 3 is 2.49 bits per heavy atom. The number of carbonyl (C=O) groups is 1. The zero-order valence-corrected chi connectivity index (χ0v) is 19.6. The van der Waals surface area contributed by atoms with E-state index in [1.165, 1.54) is 12.1 Å². The molecular weight excluding hydrogens is 461 g/mol. The van der Waals surface area contributed by atoms with Crippen LogP contribution in [0.3, 0.4) is 0 Å². The quantitative estimate of drug-likeness (QED) is 0.439. The van der Waals surface area contributed by atoms with Gasteiger partial charge in [0, 0.05) is 45.2 Å². The van der Waals surface area contributed by atoms with E-state index in [0.717, 1.165) is 30.5 Å². The van der Waals surface area contributed by atoms with Gasteiger partial charge in [0.2, 0.25) is 0 Å². The van der Waals surface area contributed by atoms with Crippen molar-refractivity contribution in [2.45, 2.75) is 38.2 Å². The molecule has 1 aliphatic carbocycles. The number of hydrogen-bond donors (Lipinski definition) is 2. The number of nitrogens with zero attached hydrogens (tertiary/aromatic N) is 1. The summed E-state index contributed by atoms with van der Waals surface area (Å²) < 4.78 is 49.8. The van der Waals surface area contributed by atoms with Gasteiger partial charge in [0.15, 0.2) is 6.10 Å². The van der Waals surface area contributed by atoms with Crippen LogP contribution in [0.2, 0.25) is 0 Å². The third-order valence-electron chi connectivity index (χ3n) is 6.67. The molecule has 2 fully saturated rings. The molecule has 4 atom stereocenters. The van der Waals surface area contributed by atoms with Crippen molar-refractivity contribution in [2.24, 2.45) is 11.8 Å². The van der Waals surface area contributed by atoms with Crippen molar-refractivity contribution >= 4 is 5.97 Å². The SMILES string of the molecule is CCO[C@@H](Cc1ccc(OCCNC2C3CN(Cc4cccc(C(F)(F)F)c4)C[C@@H]32)cc1)C(=O)O. The van der Waals surface area contributed by atoms with Gasteiger partial charge in [0.1, 0.15) is 12.4 Å². The minimum Gasteiger partial charge on any atom is -0.492 e. The van der Waals surface area contributed by atoms with Gasteiger partial charge in [-0.25, -0.2) is 4.79 Å². The molecule has 0 spiro atoms. The molecule has 0 radical (unpaired) electrons. The molecule has 35 heavy (non-hydrogen) atoms. The van der Waals surface area contributed by atoms with E-state index in [0.29, 0.717) is 56.2 Å². The number of rotatable bonds is 12. The zero-order chi connectivity index (χ0) is 25.0. The Balaban J connectivity index is 1.13. The molecule has 2 aromatic rings. The van der Waals surface area contributed by atoms with Crippen molar-refractivity contribution in [3.8, 4) is 5.75 Å². The maximum atomic E-state index is 12.9. The first-order valence-electron chi connectivity index (χ1n) is 11.9. The van der Waals surface area contributed by atoms with E-state index >= 15 is 0 Å². The minimum absolute atomic E-state index is 0.306. The number of hydrogen-bond acceptors (Lipinski definition) is 5. The number of aliphatic carboxylic acids is 1. The largest absolute Gasteiger partial charge is 0.492 e. The number of piperidine rings is 1. The fraction of sp³-hybridized carbons (Fsp3) is 0.500. The van der Waals surface area contributed by atoms with Gasteiger partial charge in [-0.1, -0.05) is 30.3 Å². The molecule has 0 amide bonds. The van der Waals surface area contributed by atoms with Crippen LogP contribution in [0.25, 0.3) is 0 Å². The fourth-order valence-corrected chi connectivity index (χ4v) is 4.90. The molecule has 2 N–H and O–H groups in total. The Kier molecular flexibility index (Phi) is 7.98. The van der Waals surface area contributed by atoms with Crippen LogP contribution in [0.4, 0.5) is 13.2 Å². The summed E-state index contributed by atoms with van der Waals surface area (Å²) in [7, 11) is 0.